The zero-order valence-electron chi connectivity index (χ0n) is 15.1. The van der Waals surface area contributed by atoms with Crippen molar-refractivity contribution >= 4 is 27.4 Å². The number of fused-ring (bicyclic) bond motifs is 3. The Morgan fingerprint density at radius 3 is 2.68 bits per heavy atom. The molecular weight excluding hydrogens is 387 g/mol. The highest BCUT2D eigenvalue weighted by Gasteiger charge is 2.44. The van der Waals surface area contributed by atoms with Crippen LogP contribution in [0.5, 0.6) is 0 Å². The molecular formula is C19H18F3N5S. The molecule has 0 amide bonds. The Balaban J connectivity index is 1.31. The SMILES string of the molecule is Cc1csc2c(N3CC4CC3CN4Cc3ccc(C(F)(F)F)nc3)ncnc12. The Hall–Kier alpha value is -2.26. The highest BCUT2D eigenvalue weighted by Crippen LogP contribution is 2.39. The van der Waals surface area contributed by atoms with E-state index >= 15 is 0 Å². The molecule has 146 valence electrons. The fraction of sp³-hybridized carbons (Fsp3) is 0.421. The Morgan fingerprint density at radius 1 is 1.14 bits per heavy atom. The zero-order chi connectivity index (χ0) is 19.5. The minimum atomic E-state index is -4.39. The minimum absolute atomic E-state index is 0.368. The summed E-state index contributed by atoms with van der Waals surface area (Å²) in [4.78, 5) is 17.2. The van der Waals surface area contributed by atoms with Gasteiger partial charge in [0.05, 0.1) is 10.2 Å². The number of likely N-dealkylation sites (tertiary alicyclic amines) is 1. The van der Waals surface area contributed by atoms with Gasteiger partial charge >= 0.3 is 6.18 Å². The predicted octanol–water partition coefficient (Wildman–Crippen LogP) is 3.88. The van der Waals surface area contributed by atoms with Crippen LogP contribution in [0.3, 0.4) is 0 Å². The van der Waals surface area contributed by atoms with E-state index in [4.69, 9.17) is 0 Å². The second-order valence-electron chi connectivity index (χ2n) is 7.47. The summed E-state index contributed by atoms with van der Waals surface area (Å²) in [5.41, 5.74) is 2.16. The van der Waals surface area contributed by atoms with E-state index in [9.17, 15) is 13.2 Å². The molecule has 2 fully saturated rings. The molecule has 2 aliphatic heterocycles. The van der Waals surface area contributed by atoms with Crippen molar-refractivity contribution in [1.82, 2.24) is 19.9 Å². The molecule has 0 spiro atoms. The van der Waals surface area contributed by atoms with E-state index in [1.807, 2.05) is 0 Å². The maximum atomic E-state index is 12.7. The number of aromatic nitrogens is 3. The van der Waals surface area contributed by atoms with Gasteiger partial charge in [0, 0.05) is 37.9 Å². The number of thiophene rings is 1. The highest BCUT2D eigenvalue weighted by atomic mass is 32.1. The molecule has 2 atom stereocenters. The maximum absolute atomic E-state index is 12.7. The Kier molecular flexibility index (Phi) is 4.06. The van der Waals surface area contributed by atoms with Crippen molar-refractivity contribution in [2.45, 2.75) is 38.1 Å². The van der Waals surface area contributed by atoms with E-state index in [1.54, 1.807) is 17.7 Å². The molecule has 0 N–H and O–H groups in total. The molecule has 0 radical (unpaired) electrons. The number of halogens is 3. The van der Waals surface area contributed by atoms with E-state index in [0.29, 0.717) is 18.6 Å². The van der Waals surface area contributed by atoms with Crippen molar-refractivity contribution in [1.29, 1.82) is 0 Å². The Morgan fingerprint density at radius 2 is 2.00 bits per heavy atom. The molecule has 5 rings (SSSR count). The molecule has 0 aliphatic carbocycles. The van der Waals surface area contributed by atoms with E-state index in [0.717, 1.165) is 47.2 Å². The third kappa shape index (κ3) is 2.93. The number of pyridine rings is 1. The lowest BCUT2D eigenvalue weighted by Gasteiger charge is -2.35. The molecule has 5 nitrogen and oxygen atoms in total. The number of aryl methyl sites for hydroxylation is 1. The minimum Gasteiger partial charge on any atom is -0.349 e. The van der Waals surface area contributed by atoms with Crippen LogP contribution in [0.25, 0.3) is 10.2 Å². The molecule has 9 heteroatoms. The monoisotopic (exact) mass is 405 g/mol. The number of nitrogens with zero attached hydrogens (tertiary/aromatic N) is 5. The van der Waals surface area contributed by atoms with Crippen LogP contribution >= 0.6 is 11.3 Å². The lowest BCUT2D eigenvalue weighted by Crippen LogP contribution is -2.46. The van der Waals surface area contributed by atoms with Crippen molar-refractivity contribution < 1.29 is 13.2 Å². The third-order valence-electron chi connectivity index (χ3n) is 5.64. The summed E-state index contributed by atoms with van der Waals surface area (Å²) in [6.45, 7) is 4.44. The van der Waals surface area contributed by atoms with Gasteiger partial charge in [-0.1, -0.05) is 6.07 Å². The van der Waals surface area contributed by atoms with E-state index in [-0.39, 0.29) is 0 Å². The predicted molar refractivity (Wildman–Crippen MR) is 101 cm³/mol. The lowest BCUT2D eigenvalue weighted by molar-refractivity contribution is -0.141. The first-order chi connectivity index (χ1) is 13.4. The van der Waals surface area contributed by atoms with Crippen LogP contribution < -0.4 is 4.90 Å². The molecule has 3 aromatic heterocycles. The van der Waals surface area contributed by atoms with Gasteiger partial charge in [-0.2, -0.15) is 13.2 Å². The van der Waals surface area contributed by atoms with Gasteiger partial charge in [-0.25, -0.2) is 9.97 Å². The van der Waals surface area contributed by atoms with Gasteiger partial charge < -0.3 is 4.90 Å². The summed E-state index contributed by atoms with van der Waals surface area (Å²) in [5, 5.41) is 2.11. The smallest absolute Gasteiger partial charge is 0.349 e. The highest BCUT2D eigenvalue weighted by molar-refractivity contribution is 7.18. The summed E-state index contributed by atoms with van der Waals surface area (Å²) in [6.07, 6.45) is -0.372. The second-order valence-corrected chi connectivity index (χ2v) is 8.35. The summed E-state index contributed by atoms with van der Waals surface area (Å²) in [5.74, 6) is 1.01. The molecule has 2 aliphatic rings. The van der Waals surface area contributed by atoms with Gasteiger partial charge in [-0.3, -0.25) is 9.88 Å². The molecule has 0 aromatic carbocycles. The summed E-state index contributed by atoms with van der Waals surface area (Å²) in [7, 11) is 0. The fourth-order valence-electron chi connectivity index (χ4n) is 4.28. The van der Waals surface area contributed by atoms with Gasteiger partial charge in [0.25, 0.3) is 0 Å². The fourth-order valence-corrected chi connectivity index (χ4v) is 5.29. The number of hydrogen-bond donors (Lipinski definition) is 0. The zero-order valence-corrected chi connectivity index (χ0v) is 16.0. The normalized spacial score (nSPS) is 22.5. The van der Waals surface area contributed by atoms with Crippen LogP contribution in [0.15, 0.2) is 30.0 Å². The van der Waals surface area contributed by atoms with E-state index < -0.39 is 11.9 Å². The number of anilines is 1. The number of hydrogen-bond acceptors (Lipinski definition) is 6. The third-order valence-corrected chi connectivity index (χ3v) is 6.72. The van der Waals surface area contributed by atoms with Crippen molar-refractivity contribution in [2.75, 3.05) is 18.0 Å². The average Bonchev–Trinajstić information content (AvgIpc) is 3.36. The first-order valence-electron chi connectivity index (χ1n) is 9.12. The van der Waals surface area contributed by atoms with E-state index in [1.165, 1.54) is 17.8 Å². The van der Waals surface area contributed by atoms with Crippen molar-refractivity contribution in [3.05, 3.63) is 46.9 Å². The van der Waals surface area contributed by atoms with Crippen LogP contribution in [0, 0.1) is 6.92 Å². The second kappa shape index (κ2) is 6.38. The van der Waals surface area contributed by atoms with Crippen LogP contribution in [0.2, 0.25) is 0 Å². The number of rotatable bonds is 3. The average molecular weight is 405 g/mol. The quantitative estimate of drug-likeness (QED) is 0.662. The molecule has 28 heavy (non-hydrogen) atoms. The maximum Gasteiger partial charge on any atom is 0.433 e. The standard InChI is InChI=1S/C19H18F3N5S/c1-11-9-28-17-16(11)24-10-25-18(17)27-8-13-4-14(27)7-26(13)6-12-2-3-15(23-5-12)19(20,21)22/h2-3,5,9-10,13-14H,4,6-8H2,1H3. The topological polar surface area (TPSA) is 45.2 Å². The lowest BCUT2D eigenvalue weighted by atomic mass is 10.2. The number of piperazine rings is 1. The molecule has 2 unspecified atom stereocenters. The summed E-state index contributed by atoms with van der Waals surface area (Å²) >= 11 is 1.68. The van der Waals surface area contributed by atoms with Crippen LogP contribution in [-0.4, -0.2) is 45.0 Å². The van der Waals surface area contributed by atoms with Crippen molar-refractivity contribution in [2.24, 2.45) is 0 Å². The molecule has 5 heterocycles. The largest absolute Gasteiger partial charge is 0.433 e. The van der Waals surface area contributed by atoms with E-state index in [2.05, 4.69) is 37.1 Å². The first kappa shape index (κ1) is 17.8. The first-order valence-corrected chi connectivity index (χ1v) is 10.00. The van der Waals surface area contributed by atoms with Crippen LogP contribution in [0.4, 0.5) is 19.0 Å². The Bertz CT molecular complexity index is 1020. The molecule has 0 saturated carbocycles. The van der Waals surface area contributed by atoms with Gasteiger partial charge in [-0.15, -0.1) is 11.3 Å². The number of alkyl halides is 3. The van der Waals surface area contributed by atoms with Gasteiger partial charge in [-0.05, 0) is 35.9 Å². The van der Waals surface area contributed by atoms with Crippen molar-refractivity contribution in [3.8, 4) is 0 Å². The van der Waals surface area contributed by atoms with Gasteiger partial charge in [0.1, 0.15) is 17.8 Å². The van der Waals surface area contributed by atoms with Gasteiger partial charge in [0.2, 0.25) is 0 Å². The van der Waals surface area contributed by atoms with Crippen LogP contribution in [-0.2, 0) is 12.7 Å². The van der Waals surface area contributed by atoms with Gasteiger partial charge in [0.15, 0.2) is 0 Å². The van der Waals surface area contributed by atoms with Crippen molar-refractivity contribution in [3.63, 3.8) is 0 Å². The van der Waals surface area contributed by atoms with Crippen LogP contribution in [0.1, 0.15) is 23.2 Å². The molecule has 3 aromatic rings. The molecule has 2 saturated heterocycles. The summed E-state index contributed by atoms with van der Waals surface area (Å²) in [6, 6.07) is 3.33. The molecule has 2 bridgehead atoms. The summed E-state index contributed by atoms with van der Waals surface area (Å²) < 4.78 is 39.2. The Labute approximate surface area is 163 Å².